The molecule has 3 aromatic rings. The van der Waals surface area contributed by atoms with Gasteiger partial charge >= 0.3 is 6.09 Å². The number of alkyl carbamates (subject to hydrolysis) is 1. The molecule has 9 nitrogen and oxygen atoms in total. The van der Waals surface area contributed by atoms with Gasteiger partial charge in [0, 0.05) is 6.54 Å². The number of nitrogens with zero attached hydrogens (tertiary/aromatic N) is 2. The molecule has 2 aromatic heterocycles. The van der Waals surface area contributed by atoms with E-state index in [1.165, 1.54) is 0 Å². The second-order valence-corrected chi connectivity index (χ2v) is 9.00. The van der Waals surface area contributed by atoms with Gasteiger partial charge in [-0.15, -0.1) is 0 Å². The molecule has 9 heteroatoms. The molecule has 0 aliphatic carbocycles. The van der Waals surface area contributed by atoms with E-state index in [1.807, 2.05) is 52.9 Å². The zero-order valence-corrected chi connectivity index (χ0v) is 20.6. The average molecular weight is 482 g/mol. The lowest BCUT2D eigenvalue weighted by Crippen LogP contribution is -2.51. The molecule has 2 heterocycles. The molecule has 4 N–H and O–H groups in total. The van der Waals surface area contributed by atoms with Crippen LogP contribution in [0.1, 0.15) is 56.7 Å². The zero-order chi connectivity index (χ0) is 25.3. The summed E-state index contributed by atoms with van der Waals surface area (Å²) in [5.74, 6) is 0.239. The van der Waals surface area contributed by atoms with Crippen molar-refractivity contribution in [3.63, 3.8) is 0 Å². The summed E-state index contributed by atoms with van der Waals surface area (Å²) in [6.45, 7) is 6.52. The van der Waals surface area contributed by atoms with Crippen LogP contribution in [-0.2, 0) is 27.5 Å². The van der Waals surface area contributed by atoms with Gasteiger partial charge in [0.05, 0.1) is 36.2 Å². The third-order valence-electron chi connectivity index (χ3n) is 5.41. The van der Waals surface area contributed by atoms with E-state index in [0.29, 0.717) is 19.0 Å². The number of hydrogen-bond acceptors (Lipinski definition) is 6. The number of rotatable bonds is 12. The maximum atomic E-state index is 12.8. The average Bonchev–Trinajstić information content (AvgIpc) is 3.27. The molecule has 1 aromatic carbocycles. The largest absolute Gasteiger partial charge is 0.443 e. The van der Waals surface area contributed by atoms with E-state index in [2.05, 4.69) is 22.5 Å². The van der Waals surface area contributed by atoms with E-state index in [1.54, 1.807) is 20.0 Å². The lowest BCUT2D eigenvalue weighted by molar-refractivity contribution is -0.126. The van der Waals surface area contributed by atoms with Crippen molar-refractivity contribution in [2.45, 2.75) is 58.4 Å². The van der Waals surface area contributed by atoms with E-state index >= 15 is 0 Å². The smallest absolute Gasteiger partial charge is 0.407 e. The number of benzene rings is 1. The van der Waals surface area contributed by atoms with Crippen LogP contribution in [0.4, 0.5) is 4.79 Å². The highest BCUT2D eigenvalue weighted by atomic mass is 16.5. The predicted molar refractivity (Wildman–Crippen MR) is 134 cm³/mol. The zero-order valence-electron chi connectivity index (χ0n) is 20.6. The van der Waals surface area contributed by atoms with Gasteiger partial charge < -0.3 is 25.8 Å². The number of pyridine rings is 1. The van der Waals surface area contributed by atoms with Gasteiger partial charge in [0.15, 0.2) is 0 Å². The number of hydrogen-bond donors (Lipinski definition) is 3. The van der Waals surface area contributed by atoms with E-state index < -0.39 is 17.7 Å². The number of carbonyl (C=O) groups excluding carboxylic acids is 2. The number of aromatic nitrogens is 2. The van der Waals surface area contributed by atoms with Crippen LogP contribution >= 0.6 is 0 Å². The molecule has 1 atom stereocenters. The minimum absolute atomic E-state index is 0.0482. The third-order valence-corrected chi connectivity index (χ3v) is 5.41. The van der Waals surface area contributed by atoms with Crippen molar-refractivity contribution in [1.82, 2.24) is 20.0 Å². The number of imidazole rings is 1. The van der Waals surface area contributed by atoms with Crippen molar-refractivity contribution in [3.8, 4) is 0 Å². The van der Waals surface area contributed by atoms with Gasteiger partial charge in [-0.25, -0.2) is 9.78 Å². The van der Waals surface area contributed by atoms with Crippen LogP contribution in [0.15, 0.2) is 54.7 Å². The monoisotopic (exact) mass is 481 g/mol. The van der Waals surface area contributed by atoms with E-state index in [-0.39, 0.29) is 19.1 Å². The maximum absolute atomic E-state index is 12.8. The summed E-state index contributed by atoms with van der Waals surface area (Å²) >= 11 is 0. The van der Waals surface area contributed by atoms with Crippen molar-refractivity contribution in [1.29, 1.82) is 0 Å². The van der Waals surface area contributed by atoms with E-state index in [4.69, 9.17) is 15.2 Å². The summed E-state index contributed by atoms with van der Waals surface area (Å²) in [6, 6.07) is 14.8. The lowest BCUT2D eigenvalue weighted by atomic mass is 10.1. The minimum atomic E-state index is -1.08. The maximum Gasteiger partial charge on any atom is 0.407 e. The van der Waals surface area contributed by atoms with Crippen LogP contribution in [0.5, 0.6) is 0 Å². The number of carbonyl (C=O) groups is 2. The lowest BCUT2D eigenvalue weighted by Gasteiger charge is -2.24. The van der Waals surface area contributed by atoms with Crippen molar-refractivity contribution in [2.75, 3.05) is 13.2 Å². The number of nitrogens with one attached hydrogen (secondary N) is 2. The molecule has 0 unspecified atom stereocenters. The van der Waals surface area contributed by atoms with Crippen LogP contribution in [0.2, 0.25) is 0 Å². The Morgan fingerprint density at radius 3 is 2.60 bits per heavy atom. The molecule has 0 fully saturated rings. The molecule has 2 amide bonds. The summed E-state index contributed by atoms with van der Waals surface area (Å²) in [5.41, 5.74) is 7.50. The number of nitrogens with two attached hydrogens (primary N) is 1. The Labute approximate surface area is 206 Å². The van der Waals surface area contributed by atoms with Crippen LogP contribution in [-0.4, -0.2) is 40.1 Å². The number of amides is 2. The van der Waals surface area contributed by atoms with Crippen molar-refractivity contribution in [2.24, 2.45) is 5.73 Å². The molecule has 35 heavy (non-hydrogen) atoms. The molecule has 0 saturated heterocycles. The highest BCUT2D eigenvalue weighted by molar-refractivity contribution is 5.85. The van der Waals surface area contributed by atoms with Gasteiger partial charge in [0.1, 0.15) is 18.5 Å². The first kappa shape index (κ1) is 26.2. The fourth-order valence-electron chi connectivity index (χ4n) is 3.45. The quantitative estimate of drug-likeness (QED) is 0.341. The first-order valence-corrected chi connectivity index (χ1v) is 11.9. The fraction of sp³-hybridized carbons (Fsp3) is 0.423. The SMILES string of the molecule is CCCCNC(=O)OCc1cccc2cnc([C@@H](COCc3ccccc3)NC(=O)C(C)(C)N)n12. The number of ether oxygens (including phenoxy) is 2. The van der Waals surface area contributed by atoms with Crippen molar-refractivity contribution in [3.05, 3.63) is 71.8 Å². The van der Waals surface area contributed by atoms with Crippen molar-refractivity contribution >= 4 is 17.5 Å². The highest BCUT2D eigenvalue weighted by Gasteiger charge is 2.28. The van der Waals surface area contributed by atoms with Gasteiger partial charge in [-0.1, -0.05) is 49.7 Å². The van der Waals surface area contributed by atoms with Gasteiger partial charge in [0.2, 0.25) is 5.91 Å². The summed E-state index contributed by atoms with van der Waals surface area (Å²) < 4.78 is 13.3. The normalized spacial score (nSPS) is 12.3. The Morgan fingerprint density at radius 1 is 1.11 bits per heavy atom. The summed E-state index contributed by atoms with van der Waals surface area (Å²) in [7, 11) is 0. The van der Waals surface area contributed by atoms with Crippen LogP contribution < -0.4 is 16.4 Å². The molecule has 0 aliphatic rings. The summed E-state index contributed by atoms with van der Waals surface area (Å²) in [4.78, 5) is 29.4. The minimum Gasteiger partial charge on any atom is -0.443 e. The van der Waals surface area contributed by atoms with Crippen LogP contribution in [0.25, 0.3) is 5.52 Å². The molecule has 0 spiro atoms. The molecule has 0 aliphatic heterocycles. The highest BCUT2D eigenvalue weighted by Crippen LogP contribution is 2.20. The van der Waals surface area contributed by atoms with E-state index in [0.717, 1.165) is 29.6 Å². The fourth-order valence-corrected chi connectivity index (χ4v) is 3.45. The Kier molecular flexibility index (Phi) is 9.22. The van der Waals surface area contributed by atoms with Crippen molar-refractivity contribution < 1.29 is 19.1 Å². The Balaban J connectivity index is 1.81. The Morgan fingerprint density at radius 2 is 1.89 bits per heavy atom. The summed E-state index contributed by atoms with van der Waals surface area (Å²) in [6.07, 6.45) is 3.11. The topological polar surface area (TPSA) is 120 Å². The molecule has 0 bridgehead atoms. The molecule has 0 radical (unpaired) electrons. The first-order valence-electron chi connectivity index (χ1n) is 11.9. The predicted octanol–water partition coefficient (Wildman–Crippen LogP) is 3.47. The molecule has 188 valence electrons. The third kappa shape index (κ3) is 7.53. The molecule has 0 saturated carbocycles. The van der Waals surface area contributed by atoms with Gasteiger partial charge in [-0.3, -0.25) is 9.20 Å². The number of fused-ring (bicyclic) bond motifs is 1. The second-order valence-electron chi connectivity index (χ2n) is 9.00. The second kappa shape index (κ2) is 12.3. The molecular formula is C26H35N5O4. The van der Waals surface area contributed by atoms with Crippen LogP contribution in [0.3, 0.4) is 0 Å². The standard InChI is InChI=1S/C26H35N5O4/c1-4-5-14-28-25(33)35-17-21-13-9-12-20-15-29-23(31(20)21)22(30-24(32)26(2,3)27)18-34-16-19-10-7-6-8-11-19/h6-13,15,22H,4-5,14,16-18,27H2,1-3H3,(H,28,33)(H,30,32)/t22-/m1/s1. The van der Waals surface area contributed by atoms with Gasteiger partial charge in [0.25, 0.3) is 0 Å². The Hall–Kier alpha value is -3.43. The molecule has 3 rings (SSSR count). The Bertz CT molecular complexity index is 1110. The first-order chi connectivity index (χ1) is 16.8. The summed E-state index contributed by atoms with van der Waals surface area (Å²) in [5, 5.41) is 5.71. The van der Waals surface area contributed by atoms with Gasteiger partial charge in [-0.2, -0.15) is 0 Å². The number of unbranched alkanes of at least 4 members (excludes halogenated alkanes) is 1. The molecular weight excluding hydrogens is 446 g/mol. The van der Waals surface area contributed by atoms with Gasteiger partial charge in [-0.05, 0) is 38.0 Å². The van der Waals surface area contributed by atoms with E-state index in [9.17, 15) is 9.59 Å². The van der Waals surface area contributed by atoms with Crippen LogP contribution in [0, 0.1) is 0 Å².